The quantitative estimate of drug-likeness (QED) is 0.612. The summed E-state index contributed by atoms with van der Waals surface area (Å²) in [6, 6.07) is 11.8. The zero-order valence-corrected chi connectivity index (χ0v) is 16.0. The van der Waals surface area contributed by atoms with Gasteiger partial charge in [-0.15, -0.1) is 0 Å². The van der Waals surface area contributed by atoms with Crippen LogP contribution in [0, 0.1) is 0 Å². The van der Waals surface area contributed by atoms with Gasteiger partial charge in [-0.3, -0.25) is 14.5 Å². The normalized spacial score (nSPS) is 20.3. The lowest BCUT2D eigenvalue weighted by Crippen LogP contribution is -2.67. The van der Waals surface area contributed by atoms with E-state index in [4.69, 9.17) is 13.7 Å². The SMILES string of the molecule is CN1C(=O)c2ccccc2N2C(=O)CCC12C(=O)OCc1cc(-c2ccco2)on1. The second-order valence-corrected chi connectivity index (χ2v) is 7.16. The number of likely N-dealkylation sites (N-methyl/N-ethyl adjacent to an activating group) is 1. The van der Waals surface area contributed by atoms with Gasteiger partial charge in [0.05, 0.1) is 17.5 Å². The molecule has 3 aromatic rings. The van der Waals surface area contributed by atoms with Crippen molar-refractivity contribution >= 4 is 23.5 Å². The number of ether oxygens (including phenoxy) is 1. The van der Waals surface area contributed by atoms with E-state index in [-0.39, 0.29) is 31.3 Å². The topological polar surface area (TPSA) is 106 Å². The predicted molar refractivity (Wildman–Crippen MR) is 102 cm³/mol. The van der Waals surface area contributed by atoms with Crippen LogP contribution in [0.1, 0.15) is 28.9 Å². The molecule has 1 unspecified atom stereocenters. The van der Waals surface area contributed by atoms with Crippen molar-refractivity contribution in [1.82, 2.24) is 10.1 Å². The first kappa shape index (κ1) is 18.2. The average molecular weight is 407 g/mol. The number of nitrogens with zero attached hydrogens (tertiary/aromatic N) is 3. The number of amides is 2. The van der Waals surface area contributed by atoms with Crippen LogP contribution in [-0.2, 0) is 20.9 Å². The van der Waals surface area contributed by atoms with Gasteiger partial charge in [0.25, 0.3) is 5.91 Å². The Labute approximate surface area is 170 Å². The van der Waals surface area contributed by atoms with Gasteiger partial charge >= 0.3 is 5.97 Å². The van der Waals surface area contributed by atoms with Crippen molar-refractivity contribution < 1.29 is 28.1 Å². The van der Waals surface area contributed by atoms with E-state index in [1.165, 1.54) is 23.1 Å². The molecule has 1 atom stereocenters. The number of para-hydroxylation sites is 1. The average Bonchev–Trinajstić information content (AvgIpc) is 3.50. The first-order chi connectivity index (χ1) is 14.5. The van der Waals surface area contributed by atoms with Crippen molar-refractivity contribution in [3.8, 4) is 11.5 Å². The third-order valence-corrected chi connectivity index (χ3v) is 5.54. The molecular weight excluding hydrogens is 390 g/mol. The highest BCUT2D eigenvalue weighted by molar-refractivity contribution is 6.15. The van der Waals surface area contributed by atoms with E-state index in [0.29, 0.717) is 28.5 Å². The van der Waals surface area contributed by atoms with Crippen LogP contribution < -0.4 is 4.90 Å². The summed E-state index contributed by atoms with van der Waals surface area (Å²) in [5, 5.41) is 3.88. The number of fused-ring (bicyclic) bond motifs is 3. The van der Waals surface area contributed by atoms with E-state index in [9.17, 15) is 14.4 Å². The fourth-order valence-electron chi connectivity index (χ4n) is 4.06. The lowest BCUT2D eigenvalue weighted by atomic mass is 9.97. The van der Waals surface area contributed by atoms with Crippen LogP contribution in [0.3, 0.4) is 0 Å². The van der Waals surface area contributed by atoms with Crippen molar-refractivity contribution in [3.05, 3.63) is 60.0 Å². The van der Waals surface area contributed by atoms with Gasteiger partial charge in [0, 0.05) is 26.0 Å². The van der Waals surface area contributed by atoms with Gasteiger partial charge in [-0.1, -0.05) is 17.3 Å². The van der Waals surface area contributed by atoms with Crippen LogP contribution in [0.2, 0.25) is 0 Å². The molecule has 2 amide bonds. The van der Waals surface area contributed by atoms with Gasteiger partial charge in [0.2, 0.25) is 17.3 Å². The number of hydrogen-bond acceptors (Lipinski definition) is 7. The monoisotopic (exact) mass is 407 g/mol. The summed E-state index contributed by atoms with van der Waals surface area (Å²) in [4.78, 5) is 41.5. The van der Waals surface area contributed by atoms with Gasteiger partial charge in [0.15, 0.2) is 5.76 Å². The summed E-state index contributed by atoms with van der Waals surface area (Å²) < 4.78 is 16.0. The fraction of sp³-hybridized carbons (Fsp3) is 0.238. The number of hydrogen-bond donors (Lipinski definition) is 0. The number of anilines is 1. The molecule has 9 nitrogen and oxygen atoms in total. The molecule has 0 bridgehead atoms. The van der Waals surface area contributed by atoms with Crippen LogP contribution in [0.25, 0.3) is 11.5 Å². The summed E-state index contributed by atoms with van der Waals surface area (Å²) in [6.45, 7) is -0.170. The summed E-state index contributed by atoms with van der Waals surface area (Å²) in [5.41, 5.74) is -0.345. The molecule has 0 saturated carbocycles. The smallest absolute Gasteiger partial charge is 0.354 e. The van der Waals surface area contributed by atoms with Crippen molar-refractivity contribution in [1.29, 1.82) is 0 Å². The molecular formula is C21H17N3O6. The van der Waals surface area contributed by atoms with E-state index in [2.05, 4.69) is 5.16 Å². The standard InChI is InChI=1S/C21H17N3O6/c1-23-19(26)14-5-2-3-6-15(14)24-18(25)8-9-21(23,24)20(27)29-12-13-11-17(30-22-13)16-7-4-10-28-16/h2-7,10-11H,8-9,12H2,1H3. The Bertz CT molecular complexity index is 1150. The molecule has 5 rings (SSSR count). The third-order valence-electron chi connectivity index (χ3n) is 5.54. The van der Waals surface area contributed by atoms with Crippen LogP contribution in [0.5, 0.6) is 0 Å². The van der Waals surface area contributed by atoms with E-state index in [1.807, 2.05) is 0 Å². The predicted octanol–water partition coefficient (Wildman–Crippen LogP) is 2.59. The number of aromatic nitrogens is 1. The van der Waals surface area contributed by atoms with Crippen LogP contribution >= 0.6 is 0 Å². The first-order valence-corrected chi connectivity index (χ1v) is 9.39. The highest BCUT2D eigenvalue weighted by atomic mass is 16.5. The van der Waals surface area contributed by atoms with E-state index < -0.39 is 11.6 Å². The molecule has 4 heterocycles. The summed E-state index contributed by atoms with van der Waals surface area (Å²) in [7, 11) is 1.51. The second-order valence-electron chi connectivity index (χ2n) is 7.16. The molecule has 2 aromatic heterocycles. The van der Waals surface area contributed by atoms with E-state index in [0.717, 1.165) is 0 Å². The van der Waals surface area contributed by atoms with Crippen molar-refractivity contribution in [2.75, 3.05) is 11.9 Å². The lowest BCUT2D eigenvalue weighted by Gasteiger charge is -2.46. The Morgan fingerprint density at radius 3 is 2.83 bits per heavy atom. The Morgan fingerprint density at radius 2 is 2.03 bits per heavy atom. The Balaban J connectivity index is 1.43. The lowest BCUT2D eigenvalue weighted by molar-refractivity contribution is -0.158. The van der Waals surface area contributed by atoms with Crippen LogP contribution in [0.4, 0.5) is 5.69 Å². The van der Waals surface area contributed by atoms with Gasteiger partial charge in [-0.2, -0.15) is 0 Å². The minimum Gasteiger partial charge on any atom is -0.461 e. The minimum atomic E-state index is -1.52. The molecule has 1 fully saturated rings. The Hall–Kier alpha value is -3.88. The highest BCUT2D eigenvalue weighted by Gasteiger charge is 2.60. The molecule has 2 aliphatic rings. The molecule has 0 N–H and O–H groups in total. The second kappa shape index (κ2) is 6.58. The number of esters is 1. The molecule has 0 aliphatic carbocycles. The van der Waals surface area contributed by atoms with Gasteiger partial charge in [0.1, 0.15) is 12.3 Å². The molecule has 0 spiro atoms. The number of furan rings is 1. The maximum Gasteiger partial charge on any atom is 0.354 e. The molecule has 152 valence electrons. The van der Waals surface area contributed by atoms with E-state index >= 15 is 0 Å². The maximum absolute atomic E-state index is 13.2. The molecule has 1 aromatic carbocycles. The molecule has 30 heavy (non-hydrogen) atoms. The number of benzene rings is 1. The third kappa shape index (κ3) is 2.48. The van der Waals surface area contributed by atoms with Gasteiger partial charge in [-0.05, 0) is 24.3 Å². The minimum absolute atomic E-state index is 0.133. The molecule has 1 saturated heterocycles. The Morgan fingerprint density at radius 1 is 1.20 bits per heavy atom. The summed E-state index contributed by atoms with van der Waals surface area (Å²) in [6.07, 6.45) is 1.79. The van der Waals surface area contributed by atoms with Crippen LogP contribution in [-0.4, -0.2) is 40.6 Å². The molecule has 9 heteroatoms. The Kier molecular flexibility index (Phi) is 3.99. The zero-order valence-electron chi connectivity index (χ0n) is 16.0. The maximum atomic E-state index is 13.2. The number of rotatable bonds is 4. The molecule has 0 radical (unpaired) electrons. The summed E-state index contributed by atoms with van der Waals surface area (Å²) in [5.74, 6) is -0.363. The van der Waals surface area contributed by atoms with Crippen molar-refractivity contribution in [3.63, 3.8) is 0 Å². The van der Waals surface area contributed by atoms with Crippen LogP contribution in [0.15, 0.2) is 57.7 Å². The number of carbonyl (C=O) groups is 3. The van der Waals surface area contributed by atoms with Gasteiger partial charge < -0.3 is 18.6 Å². The summed E-state index contributed by atoms with van der Waals surface area (Å²) >= 11 is 0. The van der Waals surface area contributed by atoms with Crippen molar-refractivity contribution in [2.45, 2.75) is 25.1 Å². The first-order valence-electron chi connectivity index (χ1n) is 9.39. The van der Waals surface area contributed by atoms with Crippen molar-refractivity contribution in [2.24, 2.45) is 0 Å². The zero-order chi connectivity index (χ0) is 20.9. The molecule has 2 aliphatic heterocycles. The largest absolute Gasteiger partial charge is 0.461 e. The van der Waals surface area contributed by atoms with E-state index in [1.54, 1.807) is 42.5 Å². The fourth-order valence-corrected chi connectivity index (χ4v) is 4.06. The highest BCUT2D eigenvalue weighted by Crippen LogP contribution is 2.44. The van der Waals surface area contributed by atoms with Gasteiger partial charge in [-0.25, -0.2) is 4.79 Å². The number of carbonyl (C=O) groups excluding carboxylic acids is 3.